The van der Waals surface area contributed by atoms with Crippen molar-refractivity contribution in [1.29, 1.82) is 0 Å². The maximum Gasteiger partial charge on any atom is 0.261 e. The van der Waals surface area contributed by atoms with Crippen molar-refractivity contribution in [2.45, 2.75) is 56.7 Å². The van der Waals surface area contributed by atoms with Crippen molar-refractivity contribution in [3.8, 4) is 17.0 Å². The highest BCUT2D eigenvalue weighted by molar-refractivity contribution is 6.05. The molecule has 3 aromatic heterocycles. The monoisotopic (exact) mass is 630 g/mol. The third-order valence-corrected chi connectivity index (χ3v) is 9.17. The van der Waals surface area contributed by atoms with E-state index in [4.69, 9.17) is 9.72 Å². The van der Waals surface area contributed by atoms with Crippen molar-refractivity contribution in [2.75, 3.05) is 57.6 Å². The summed E-state index contributed by atoms with van der Waals surface area (Å²) in [5.74, 6) is -0.628. The first-order valence-corrected chi connectivity index (χ1v) is 16.1. The van der Waals surface area contributed by atoms with Crippen LogP contribution in [0.4, 0.5) is 16.0 Å². The molecule has 3 N–H and O–H groups in total. The molecule has 12 heteroatoms. The predicted molar refractivity (Wildman–Crippen MR) is 177 cm³/mol. The van der Waals surface area contributed by atoms with Gasteiger partial charge < -0.3 is 29.5 Å². The first-order valence-electron chi connectivity index (χ1n) is 16.1. The molecule has 1 saturated carbocycles. The average molecular weight is 631 g/mol. The third kappa shape index (κ3) is 6.84. The molecule has 244 valence electrons. The number of piperidine rings is 1. The number of nitrogens with zero attached hydrogens (tertiary/aromatic N) is 6. The number of rotatable bonds is 10. The van der Waals surface area contributed by atoms with Crippen LogP contribution in [0.5, 0.6) is 5.75 Å². The molecule has 1 amide bonds. The van der Waals surface area contributed by atoms with E-state index < -0.39 is 11.7 Å². The Hall–Kier alpha value is -4.13. The molecular formula is C34H43FN8O3. The summed E-state index contributed by atoms with van der Waals surface area (Å²) in [4.78, 5) is 31.4. The Balaban J connectivity index is 1.27. The number of carbonyl (C=O) groups is 1. The lowest BCUT2D eigenvalue weighted by Gasteiger charge is -2.34. The molecule has 1 saturated heterocycles. The predicted octanol–water partition coefficient (Wildman–Crippen LogP) is 4.49. The fourth-order valence-corrected chi connectivity index (χ4v) is 6.60. The number of halogens is 1. The number of nitrogens with one attached hydrogen (secondary N) is 2. The van der Waals surface area contributed by atoms with Gasteiger partial charge in [0.25, 0.3) is 5.91 Å². The molecule has 0 bridgehead atoms. The van der Waals surface area contributed by atoms with Gasteiger partial charge >= 0.3 is 0 Å². The summed E-state index contributed by atoms with van der Waals surface area (Å²) in [6.07, 6.45) is 9.04. The molecule has 1 aliphatic heterocycles. The van der Waals surface area contributed by atoms with Crippen molar-refractivity contribution in [3.05, 3.63) is 60.3 Å². The van der Waals surface area contributed by atoms with E-state index in [1.54, 1.807) is 12.3 Å². The molecule has 0 atom stereocenters. The van der Waals surface area contributed by atoms with Crippen molar-refractivity contribution >= 4 is 28.6 Å². The number of anilines is 2. The summed E-state index contributed by atoms with van der Waals surface area (Å²) in [6, 6.07) is 9.76. The van der Waals surface area contributed by atoms with Gasteiger partial charge in [-0.1, -0.05) is 0 Å². The minimum atomic E-state index is -0.767. The maximum atomic E-state index is 15.8. The van der Waals surface area contributed by atoms with E-state index >= 15 is 4.39 Å². The van der Waals surface area contributed by atoms with Gasteiger partial charge in [-0.3, -0.25) is 20.1 Å². The molecule has 0 radical (unpaired) electrons. The van der Waals surface area contributed by atoms with Gasteiger partial charge in [-0.25, -0.2) is 9.37 Å². The molecular weight excluding hydrogens is 587 g/mol. The van der Waals surface area contributed by atoms with Gasteiger partial charge in [-0.15, -0.1) is 0 Å². The van der Waals surface area contributed by atoms with Crippen LogP contribution < -0.4 is 20.3 Å². The number of aromatic nitrogens is 4. The second-order valence-corrected chi connectivity index (χ2v) is 12.5. The number of aliphatic hydroxyl groups excluding tert-OH is 1. The van der Waals surface area contributed by atoms with Gasteiger partial charge in [0.2, 0.25) is 5.95 Å². The van der Waals surface area contributed by atoms with Crippen LogP contribution in [-0.2, 0) is 0 Å². The largest absolute Gasteiger partial charge is 0.496 e. The Kier molecular flexibility index (Phi) is 9.76. The number of hydrogen-bond donors (Lipinski definition) is 3. The lowest BCUT2D eigenvalue weighted by molar-refractivity contribution is 0.101. The van der Waals surface area contributed by atoms with Crippen molar-refractivity contribution in [1.82, 2.24) is 29.7 Å². The SMILES string of the molecule is COc1ccncc1-c1nccc(C(=O)Nc2nc3ccc(N4CCC(NCCN(C)C)CC4)cc3n2C2CCC(O)CC2)c1F. The molecule has 4 heterocycles. The van der Waals surface area contributed by atoms with E-state index in [0.29, 0.717) is 36.1 Å². The zero-order chi connectivity index (χ0) is 32.2. The Labute approximate surface area is 268 Å². The van der Waals surface area contributed by atoms with Crippen LogP contribution in [0.15, 0.2) is 48.9 Å². The summed E-state index contributed by atoms with van der Waals surface area (Å²) >= 11 is 0. The molecule has 11 nitrogen and oxygen atoms in total. The fraction of sp³-hybridized carbons (Fsp3) is 0.471. The summed E-state index contributed by atoms with van der Waals surface area (Å²) in [5, 5.41) is 16.8. The van der Waals surface area contributed by atoms with Crippen molar-refractivity contribution in [3.63, 3.8) is 0 Å². The van der Waals surface area contributed by atoms with Gasteiger partial charge in [0.15, 0.2) is 5.82 Å². The number of methoxy groups -OCH3 is 1. The summed E-state index contributed by atoms with van der Waals surface area (Å²) in [6.45, 7) is 3.90. The third-order valence-electron chi connectivity index (χ3n) is 9.17. The zero-order valence-corrected chi connectivity index (χ0v) is 26.7. The molecule has 1 aliphatic carbocycles. The van der Waals surface area contributed by atoms with Crippen LogP contribution in [0.2, 0.25) is 0 Å². The summed E-state index contributed by atoms with van der Waals surface area (Å²) in [7, 11) is 5.67. The number of carbonyl (C=O) groups excluding carboxylic acids is 1. The minimum absolute atomic E-state index is 0.0197. The molecule has 2 aliphatic rings. The standard InChI is InChI=1S/C34H43FN8O3/c1-41(2)19-16-37-22-12-17-42(18-13-22)24-6-9-28-29(20-24)43(23-4-7-25(44)8-5-23)34(39-28)40-33(45)26-10-15-38-32(31(26)35)27-21-36-14-11-30(27)46-3/h6,9-11,14-15,20-23,25,37,44H,4-5,7-8,12-13,16-19H2,1-3H3,(H,39,40,45). The number of likely N-dealkylation sites (N-methyl/N-ethyl adjacent to an activating group) is 1. The molecule has 0 unspecified atom stereocenters. The second-order valence-electron chi connectivity index (χ2n) is 12.5. The zero-order valence-electron chi connectivity index (χ0n) is 26.7. The van der Waals surface area contributed by atoms with Crippen LogP contribution in [0.1, 0.15) is 54.9 Å². The molecule has 2 fully saturated rings. The van der Waals surface area contributed by atoms with E-state index in [0.717, 1.165) is 68.6 Å². The highest BCUT2D eigenvalue weighted by atomic mass is 19.1. The van der Waals surface area contributed by atoms with E-state index in [1.807, 2.05) is 6.07 Å². The normalized spacial score (nSPS) is 19.1. The number of pyridine rings is 2. The lowest BCUT2D eigenvalue weighted by Crippen LogP contribution is -2.44. The first-order chi connectivity index (χ1) is 22.3. The van der Waals surface area contributed by atoms with Gasteiger partial charge in [0, 0.05) is 62.5 Å². The highest BCUT2D eigenvalue weighted by Crippen LogP contribution is 2.37. The minimum Gasteiger partial charge on any atom is -0.496 e. The van der Waals surface area contributed by atoms with Crippen LogP contribution in [0, 0.1) is 5.82 Å². The van der Waals surface area contributed by atoms with Gasteiger partial charge in [0.05, 0.1) is 35.4 Å². The summed E-state index contributed by atoms with van der Waals surface area (Å²) in [5.41, 5.74) is 2.96. The molecule has 4 aromatic rings. The van der Waals surface area contributed by atoms with E-state index in [1.165, 1.54) is 25.6 Å². The Morgan fingerprint density at radius 1 is 1.09 bits per heavy atom. The molecule has 6 rings (SSSR count). The van der Waals surface area contributed by atoms with E-state index in [9.17, 15) is 9.90 Å². The number of imidazole rings is 1. The van der Waals surface area contributed by atoms with Gasteiger partial charge in [-0.2, -0.15) is 0 Å². The smallest absolute Gasteiger partial charge is 0.261 e. The second kappa shape index (κ2) is 14.1. The Morgan fingerprint density at radius 3 is 2.61 bits per heavy atom. The van der Waals surface area contributed by atoms with Crippen LogP contribution in [0.25, 0.3) is 22.3 Å². The van der Waals surface area contributed by atoms with Crippen LogP contribution in [0.3, 0.4) is 0 Å². The van der Waals surface area contributed by atoms with Crippen LogP contribution in [-0.4, -0.2) is 95.0 Å². The highest BCUT2D eigenvalue weighted by Gasteiger charge is 2.28. The topological polar surface area (TPSA) is 121 Å². The number of hydrogen-bond acceptors (Lipinski definition) is 9. The Bertz CT molecular complexity index is 1660. The molecule has 46 heavy (non-hydrogen) atoms. The van der Waals surface area contributed by atoms with E-state index in [2.05, 4.69) is 61.2 Å². The number of benzene rings is 1. The van der Waals surface area contributed by atoms with E-state index in [-0.39, 0.29) is 23.4 Å². The quantitative estimate of drug-likeness (QED) is 0.233. The van der Waals surface area contributed by atoms with Crippen LogP contribution >= 0.6 is 0 Å². The Morgan fingerprint density at radius 2 is 1.87 bits per heavy atom. The maximum absolute atomic E-state index is 15.8. The van der Waals surface area contributed by atoms with Gasteiger partial charge in [0.1, 0.15) is 11.4 Å². The number of amides is 1. The van der Waals surface area contributed by atoms with Crippen molar-refractivity contribution < 1.29 is 19.0 Å². The lowest BCUT2D eigenvalue weighted by atomic mass is 9.93. The number of fused-ring (bicyclic) bond motifs is 1. The molecule has 1 aromatic carbocycles. The summed E-state index contributed by atoms with van der Waals surface area (Å²) < 4.78 is 23.3. The average Bonchev–Trinajstić information content (AvgIpc) is 3.42. The van der Waals surface area contributed by atoms with Gasteiger partial charge in [-0.05, 0) is 83.0 Å². The number of ether oxygens (including phenoxy) is 1. The van der Waals surface area contributed by atoms with Crippen molar-refractivity contribution in [2.24, 2.45) is 0 Å². The fourth-order valence-electron chi connectivity index (χ4n) is 6.60. The first kappa shape index (κ1) is 31.8. The number of aliphatic hydroxyl groups is 1. The molecule has 0 spiro atoms.